The maximum Gasteiger partial charge on any atom is 0.328 e. The predicted molar refractivity (Wildman–Crippen MR) is 69.2 cm³/mol. The van der Waals surface area contributed by atoms with Crippen LogP contribution < -0.4 is 0 Å². The summed E-state index contributed by atoms with van der Waals surface area (Å²) in [7, 11) is 0. The molecule has 1 aromatic carbocycles. The molecule has 0 fully saturated rings. The highest BCUT2D eigenvalue weighted by atomic mass is 16.5. The number of nitriles is 1. The molecular weight excluding hydrogens is 228 g/mol. The molecule has 18 heavy (non-hydrogen) atoms. The van der Waals surface area contributed by atoms with E-state index in [1.165, 1.54) is 11.8 Å². The van der Waals surface area contributed by atoms with Gasteiger partial charge in [-0.1, -0.05) is 30.3 Å². The van der Waals surface area contributed by atoms with Gasteiger partial charge in [0.25, 0.3) is 0 Å². The third kappa shape index (κ3) is 4.79. The Balaban J connectivity index is 2.40. The number of nitrogens with zero attached hydrogens (tertiary/aromatic N) is 2. The Hall–Kier alpha value is -2.15. The minimum atomic E-state index is -0.902. The number of hydrogen-bond acceptors (Lipinski definition) is 4. The molecule has 0 aliphatic carbocycles. The molecule has 0 saturated heterocycles. The minimum Gasteiger partial charge on any atom is -0.465 e. The molecule has 0 radical (unpaired) electrons. The van der Waals surface area contributed by atoms with Gasteiger partial charge in [-0.05, 0) is 18.9 Å². The molecule has 94 valence electrons. The highest BCUT2D eigenvalue weighted by Gasteiger charge is 2.15. The maximum atomic E-state index is 11.3. The first-order chi connectivity index (χ1) is 8.77. The molecule has 0 N–H and O–H groups in total. The summed E-state index contributed by atoms with van der Waals surface area (Å²) >= 11 is 0. The largest absolute Gasteiger partial charge is 0.465 e. The number of benzene rings is 1. The zero-order valence-corrected chi connectivity index (χ0v) is 10.4. The molecule has 1 aromatic rings. The highest BCUT2D eigenvalue weighted by molar-refractivity contribution is 5.92. The van der Waals surface area contributed by atoms with E-state index in [0.717, 1.165) is 6.42 Å². The van der Waals surface area contributed by atoms with Gasteiger partial charge in [0.1, 0.15) is 0 Å². The lowest BCUT2D eigenvalue weighted by Gasteiger charge is -2.02. The standard InChI is InChI=1S/C14H16N2O2/c1-2-18-14(17)13(10-15)11-16-9-8-12-6-4-3-5-7-12/h3-7,11,13H,2,8-9H2,1H3/t13-/m1/s1. The summed E-state index contributed by atoms with van der Waals surface area (Å²) in [6.07, 6.45) is 2.15. The van der Waals surface area contributed by atoms with Gasteiger partial charge in [0.05, 0.1) is 12.7 Å². The van der Waals surface area contributed by atoms with Crippen LogP contribution in [-0.4, -0.2) is 25.3 Å². The summed E-state index contributed by atoms with van der Waals surface area (Å²) in [4.78, 5) is 15.4. The molecular formula is C14H16N2O2. The summed E-state index contributed by atoms with van der Waals surface area (Å²) < 4.78 is 4.76. The lowest BCUT2D eigenvalue weighted by molar-refractivity contribution is -0.143. The number of carbonyl (C=O) groups excluding carboxylic acids is 1. The van der Waals surface area contributed by atoms with E-state index < -0.39 is 11.9 Å². The monoisotopic (exact) mass is 244 g/mol. The molecule has 4 heteroatoms. The summed E-state index contributed by atoms with van der Waals surface area (Å²) in [6.45, 7) is 2.54. The third-order valence-corrected chi connectivity index (χ3v) is 2.31. The fraction of sp³-hybridized carbons (Fsp3) is 0.357. The van der Waals surface area contributed by atoms with E-state index >= 15 is 0 Å². The van der Waals surface area contributed by atoms with Gasteiger partial charge in [-0.3, -0.25) is 9.79 Å². The van der Waals surface area contributed by atoms with Gasteiger partial charge in [0.15, 0.2) is 5.92 Å². The number of rotatable bonds is 6. The first-order valence-electron chi connectivity index (χ1n) is 5.88. The lowest BCUT2D eigenvalue weighted by atomic mass is 10.1. The van der Waals surface area contributed by atoms with Gasteiger partial charge in [0.2, 0.25) is 0 Å². The second-order valence-electron chi connectivity index (χ2n) is 3.65. The SMILES string of the molecule is CCOC(=O)[C@H](C#N)C=NCCc1ccccc1. The fourth-order valence-corrected chi connectivity index (χ4v) is 1.40. The van der Waals surface area contributed by atoms with Crippen molar-refractivity contribution in [1.82, 2.24) is 0 Å². The minimum absolute atomic E-state index is 0.273. The molecule has 0 aromatic heterocycles. The molecule has 0 saturated carbocycles. The van der Waals surface area contributed by atoms with Crippen molar-refractivity contribution in [2.45, 2.75) is 13.3 Å². The van der Waals surface area contributed by atoms with Gasteiger partial charge in [-0.2, -0.15) is 5.26 Å². The summed E-state index contributed by atoms with van der Waals surface area (Å²) in [5.41, 5.74) is 1.18. The zero-order valence-electron chi connectivity index (χ0n) is 10.4. The molecule has 0 aliphatic heterocycles. The molecule has 0 spiro atoms. The van der Waals surface area contributed by atoms with Crippen LogP contribution in [0.15, 0.2) is 35.3 Å². The van der Waals surface area contributed by atoms with E-state index in [1.54, 1.807) is 6.92 Å². The number of aliphatic imine (C=N–C) groups is 1. The Morgan fingerprint density at radius 2 is 2.22 bits per heavy atom. The van der Waals surface area contributed by atoms with E-state index in [4.69, 9.17) is 10.00 Å². The maximum absolute atomic E-state index is 11.3. The molecule has 0 bridgehead atoms. The van der Waals surface area contributed by atoms with Crippen LogP contribution in [0, 0.1) is 17.2 Å². The van der Waals surface area contributed by atoms with Crippen molar-refractivity contribution in [3.63, 3.8) is 0 Å². The first kappa shape index (κ1) is 13.9. The molecule has 0 heterocycles. The van der Waals surface area contributed by atoms with Gasteiger partial charge >= 0.3 is 5.97 Å². The Morgan fingerprint density at radius 1 is 1.50 bits per heavy atom. The van der Waals surface area contributed by atoms with E-state index in [-0.39, 0.29) is 6.61 Å². The Morgan fingerprint density at radius 3 is 2.83 bits per heavy atom. The highest BCUT2D eigenvalue weighted by Crippen LogP contribution is 2.00. The van der Waals surface area contributed by atoms with Gasteiger partial charge in [-0.15, -0.1) is 0 Å². The van der Waals surface area contributed by atoms with Gasteiger partial charge in [0, 0.05) is 12.8 Å². The van der Waals surface area contributed by atoms with Crippen molar-refractivity contribution >= 4 is 12.2 Å². The number of hydrogen-bond donors (Lipinski definition) is 0. The molecule has 1 rings (SSSR count). The van der Waals surface area contributed by atoms with Crippen molar-refractivity contribution in [3.8, 4) is 6.07 Å². The van der Waals surface area contributed by atoms with Crippen molar-refractivity contribution in [2.75, 3.05) is 13.2 Å². The predicted octanol–water partition coefficient (Wildman–Crippen LogP) is 2.00. The van der Waals surface area contributed by atoms with Crippen LogP contribution >= 0.6 is 0 Å². The number of esters is 1. The Bertz CT molecular complexity index is 435. The molecule has 4 nitrogen and oxygen atoms in total. The van der Waals surface area contributed by atoms with Gasteiger partial charge < -0.3 is 4.74 Å². The number of ether oxygens (including phenoxy) is 1. The second-order valence-corrected chi connectivity index (χ2v) is 3.65. The molecule has 0 unspecified atom stereocenters. The quantitative estimate of drug-likeness (QED) is 0.568. The first-order valence-corrected chi connectivity index (χ1v) is 5.88. The summed E-state index contributed by atoms with van der Waals surface area (Å²) in [5.74, 6) is -1.44. The van der Waals surface area contributed by atoms with Gasteiger partial charge in [-0.25, -0.2) is 0 Å². The van der Waals surface area contributed by atoms with E-state index in [1.807, 2.05) is 36.4 Å². The fourth-order valence-electron chi connectivity index (χ4n) is 1.40. The van der Waals surface area contributed by atoms with Crippen LogP contribution in [0.4, 0.5) is 0 Å². The van der Waals surface area contributed by atoms with Crippen molar-refractivity contribution in [2.24, 2.45) is 10.9 Å². The lowest BCUT2D eigenvalue weighted by Crippen LogP contribution is -2.17. The third-order valence-electron chi connectivity index (χ3n) is 2.31. The average Bonchev–Trinajstić information content (AvgIpc) is 2.40. The van der Waals surface area contributed by atoms with Crippen molar-refractivity contribution in [3.05, 3.63) is 35.9 Å². The van der Waals surface area contributed by atoms with Crippen LogP contribution in [-0.2, 0) is 16.0 Å². The van der Waals surface area contributed by atoms with E-state index in [9.17, 15) is 4.79 Å². The molecule has 0 amide bonds. The molecule has 0 aliphatic rings. The van der Waals surface area contributed by atoms with Crippen LogP contribution in [0.3, 0.4) is 0 Å². The van der Waals surface area contributed by atoms with Crippen molar-refractivity contribution in [1.29, 1.82) is 5.26 Å². The summed E-state index contributed by atoms with van der Waals surface area (Å²) in [6, 6.07) is 11.8. The zero-order chi connectivity index (χ0) is 13.2. The topological polar surface area (TPSA) is 62.5 Å². The Kier molecular flexibility index (Phi) is 6.20. The number of carbonyl (C=O) groups is 1. The summed E-state index contributed by atoms with van der Waals surface area (Å²) in [5, 5.41) is 8.80. The van der Waals surface area contributed by atoms with Crippen LogP contribution in [0.25, 0.3) is 0 Å². The van der Waals surface area contributed by atoms with Crippen LogP contribution in [0.2, 0.25) is 0 Å². The van der Waals surface area contributed by atoms with Crippen LogP contribution in [0.5, 0.6) is 0 Å². The Labute approximate surface area is 107 Å². The average molecular weight is 244 g/mol. The van der Waals surface area contributed by atoms with Crippen molar-refractivity contribution < 1.29 is 9.53 Å². The van der Waals surface area contributed by atoms with Crippen LogP contribution in [0.1, 0.15) is 12.5 Å². The normalized spacial score (nSPS) is 12.0. The molecule has 1 atom stereocenters. The smallest absolute Gasteiger partial charge is 0.328 e. The second kappa shape index (κ2) is 8.02. The van der Waals surface area contributed by atoms with E-state index in [2.05, 4.69) is 4.99 Å². The van der Waals surface area contributed by atoms with E-state index in [0.29, 0.717) is 6.54 Å².